The Bertz CT molecular complexity index is 1280. The number of ether oxygens (including phenoxy) is 1. The van der Waals surface area contributed by atoms with Crippen molar-refractivity contribution in [1.82, 2.24) is 9.88 Å². The van der Waals surface area contributed by atoms with E-state index in [-0.39, 0.29) is 12.5 Å². The summed E-state index contributed by atoms with van der Waals surface area (Å²) in [4.78, 5) is 19.8. The SMILES string of the molecule is O=C(CCCC(c1ccccc1)c1ccccc1)C1CCCN(C[C@@H](O)COc2cccc3ncccc23)C1. The van der Waals surface area contributed by atoms with Gasteiger partial charge in [-0.3, -0.25) is 14.7 Å². The lowest BCUT2D eigenvalue weighted by Crippen LogP contribution is -2.43. The van der Waals surface area contributed by atoms with E-state index in [1.807, 2.05) is 42.5 Å². The number of nitrogens with zero attached hydrogens (tertiary/aromatic N) is 2. The van der Waals surface area contributed by atoms with Crippen LogP contribution in [0, 0.1) is 5.92 Å². The lowest BCUT2D eigenvalue weighted by molar-refractivity contribution is -0.124. The van der Waals surface area contributed by atoms with E-state index in [0.717, 1.165) is 55.4 Å². The Morgan fingerprint density at radius 2 is 1.69 bits per heavy atom. The summed E-state index contributed by atoms with van der Waals surface area (Å²) in [5.41, 5.74) is 3.48. The summed E-state index contributed by atoms with van der Waals surface area (Å²) in [6.07, 6.45) is 5.50. The van der Waals surface area contributed by atoms with E-state index in [1.165, 1.54) is 11.1 Å². The first-order valence-corrected chi connectivity index (χ1v) is 14.2. The number of aromatic nitrogens is 1. The monoisotopic (exact) mass is 522 g/mol. The molecule has 5 rings (SSSR count). The molecule has 1 aliphatic heterocycles. The first-order chi connectivity index (χ1) is 19.2. The number of piperidine rings is 1. The normalized spacial score (nSPS) is 16.8. The number of fused-ring (bicyclic) bond motifs is 1. The maximum absolute atomic E-state index is 13.2. The van der Waals surface area contributed by atoms with Crippen LogP contribution in [0.4, 0.5) is 0 Å². The van der Waals surface area contributed by atoms with Gasteiger partial charge in [0.1, 0.15) is 24.2 Å². The molecule has 1 N–H and O–H groups in total. The fourth-order valence-corrected chi connectivity index (χ4v) is 5.80. The summed E-state index contributed by atoms with van der Waals surface area (Å²) in [6.45, 7) is 2.35. The van der Waals surface area contributed by atoms with Gasteiger partial charge in [0.05, 0.1) is 5.52 Å². The zero-order chi connectivity index (χ0) is 26.9. The number of rotatable bonds is 12. The summed E-state index contributed by atoms with van der Waals surface area (Å²) >= 11 is 0. The summed E-state index contributed by atoms with van der Waals surface area (Å²) in [6, 6.07) is 30.8. The highest BCUT2D eigenvalue weighted by Crippen LogP contribution is 2.30. The highest BCUT2D eigenvalue weighted by Gasteiger charge is 2.27. The third-order valence-corrected chi connectivity index (χ3v) is 7.79. The Labute approximate surface area is 231 Å². The fraction of sp³-hybridized carbons (Fsp3) is 0.353. The van der Waals surface area contributed by atoms with E-state index in [1.54, 1.807) is 6.20 Å². The largest absolute Gasteiger partial charge is 0.490 e. The fourth-order valence-electron chi connectivity index (χ4n) is 5.80. The Balaban J connectivity index is 1.10. The Kier molecular flexibility index (Phi) is 9.36. The maximum Gasteiger partial charge on any atom is 0.137 e. The molecular weight excluding hydrogens is 484 g/mol. The molecule has 2 atom stereocenters. The van der Waals surface area contributed by atoms with Crippen LogP contribution in [0.15, 0.2) is 97.2 Å². The van der Waals surface area contributed by atoms with Crippen molar-refractivity contribution in [2.75, 3.05) is 26.2 Å². The maximum atomic E-state index is 13.2. The molecule has 3 aromatic carbocycles. The molecule has 1 aromatic heterocycles. The van der Waals surface area contributed by atoms with Crippen LogP contribution < -0.4 is 4.74 Å². The molecule has 5 heteroatoms. The van der Waals surface area contributed by atoms with Gasteiger partial charge in [-0.1, -0.05) is 66.7 Å². The number of hydrogen-bond acceptors (Lipinski definition) is 5. The summed E-state index contributed by atoms with van der Waals surface area (Å²) in [5, 5.41) is 11.7. The molecule has 0 aliphatic carbocycles. The van der Waals surface area contributed by atoms with Gasteiger partial charge in [0.2, 0.25) is 0 Å². The molecule has 0 saturated carbocycles. The zero-order valence-corrected chi connectivity index (χ0v) is 22.5. The molecule has 202 valence electrons. The van der Waals surface area contributed by atoms with E-state index in [9.17, 15) is 9.90 Å². The van der Waals surface area contributed by atoms with Crippen LogP contribution >= 0.6 is 0 Å². The van der Waals surface area contributed by atoms with E-state index < -0.39 is 6.10 Å². The van der Waals surface area contributed by atoms with E-state index in [2.05, 4.69) is 58.4 Å². The quantitative estimate of drug-likeness (QED) is 0.238. The van der Waals surface area contributed by atoms with Gasteiger partial charge in [-0.15, -0.1) is 0 Å². The molecular formula is C34H38N2O3. The van der Waals surface area contributed by atoms with Crippen LogP contribution in [0.1, 0.15) is 49.1 Å². The number of pyridine rings is 1. The second-order valence-corrected chi connectivity index (χ2v) is 10.6. The van der Waals surface area contributed by atoms with Crippen molar-refractivity contribution in [3.8, 4) is 5.75 Å². The van der Waals surface area contributed by atoms with E-state index in [0.29, 0.717) is 24.7 Å². The van der Waals surface area contributed by atoms with Gasteiger partial charge in [0.15, 0.2) is 0 Å². The average Bonchev–Trinajstić information content (AvgIpc) is 2.99. The Morgan fingerprint density at radius 3 is 2.44 bits per heavy atom. The van der Waals surface area contributed by atoms with Crippen molar-refractivity contribution in [3.63, 3.8) is 0 Å². The summed E-state index contributed by atoms with van der Waals surface area (Å²) in [5.74, 6) is 1.43. The number of Topliss-reactive ketones (excluding diaryl/α,β-unsaturated/α-hetero) is 1. The van der Waals surface area contributed by atoms with Crippen molar-refractivity contribution in [2.45, 2.75) is 44.1 Å². The summed E-state index contributed by atoms with van der Waals surface area (Å²) in [7, 11) is 0. The smallest absolute Gasteiger partial charge is 0.137 e. The predicted molar refractivity (Wildman–Crippen MR) is 156 cm³/mol. The van der Waals surface area contributed by atoms with Gasteiger partial charge in [-0.25, -0.2) is 0 Å². The number of carbonyl (C=O) groups is 1. The molecule has 4 aromatic rings. The molecule has 5 nitrogen and oxygen atoms in total. The zero-order valence-electron chi connectivity index (χ0n) is 22.5. The number of aliphatic hydroxyl groups excluding tert-OH is 1. The third kappa shape index (κ3) is 7.31. The minimum absolute atomic E-state index is 0.0444. The average molecular weight is 523 g/mol. The van der Waals surface area contributed by atoms with Crippen molar-refractivity contribution < 1.29 is 14.6 Å². The van der Waals surface area contributed by atoms with Crippen LogP contribution in [0.5, 0.6) is 5.75 Å². The second kappa shape index (κ2) is 13.5. The summed E-state index contributed by atoms with van der Waals surface area (Å²) < 4.78 is 5.96. The molecule has 1 unspecified atom stereocenters. The third-order valence-electron chi connectivity index (χ3n) is 7.79. The van der Waals surface area contributed by atoms with Gasteiger partial charge in [0, 0.05) is 42.9 Å². The molecule has 39 heavy (non-hydrogen) atoms. The van der Waals surface area contributed by atoms with Crippen LogP contribution in [-0.2, 0) is 4.79 Å². The highest BCUT2D eigenvalue weighted by atomic mass is 16.5. The minimum Gasteiger partial charge on any atom is -0.490 e. The van der Waals surface area contributed by atoms with Gasteiger partial charge in [-0.05, 0) is 67.6 Å². The van der Waals surface area contributed by atoms with Crippen LogP contribution in [-0.4, -0.2) is 53.1 Å². The van der Waals surface area contributed by atoms with Gasteiger partial charge < -0.3 is 9.84 Å². The molecule has 2 heterocycles. The standard InChI is InChI=1S/C34H38N2O3/c37-29(25-39-34-20-8-18-32-31(34)17-9-21-35-32)24-36-22-10-15-28(23-36)33(38)19-7-16-30(26-11-3-1-4-12-26)27-13-5-2-6-14-27/h1-6,8-9,11-14,17-18,20-21,28-30,37H,7,10,15-16,19,22-25H2/t28?,29-/m1/s1. The van der Waals surface area contributed by atoms with E-state index in [4.69, 9.17) is 4.74 Å². The van der Waals surface area contributed by atoms with Gasteiger partial charge in [0.25, 0.3) is 0 Å². The highest BCUT2D eigenvalue weighted by molar-refractivity contribution is 5.84. The lowest BCUT2D eigenvalue weighted by Gasteiger charge is -2.33. The second-order valence-electron chi connectivity index (χ2n) is 10.6. The number of likely N-dealkylation sites (tertiary alicyclic amines) is 1. The van der Waals surface area contributed by atoms with Gasteiger partial charge in [-0.2, -0.15) is 0 Å². The van der Waals surface area contributed by atoms with Crippen molar-refractivity contribution in [1.29, 1.82) is 0 Å². The molecule has 1 fully saturated rings. The van der Waals surface area contributed by atoms with Crippen molar-refractivity contribution >= 4 is 16.7 Å². The minimum atomic E-state index is -0.622. The molecule has 0 bridgehead atoms. The predicted octanol–water partition coefficient (Wildman–Crippen LogP) is 6.26. The molecule has 0 amide bonds. The van der Waals surface area contributed by atoms with E-state index >= 15 is 0 Å². The number of ketones is 1. The number of aliphatic hydroxyl groups is 1. The topological polar surface area (TPSA) is 62.7 Å². The van der Waals surface area contributed by atoms with Crippen molar-refractivity contribution in [3.05, 3.63) is 108 Å². The molecule has 0 spiro atoms. The first kappa shape index (κ1) is 27.0. The molecule has 0 radical (unpaired) electrons. The van der Waals surface area contributed by atoms with Gasteiger partial charge >= 0.3 is 0 Å². The number of hydrogen-bond donors (Lipinski definition) is 1. The number of carbonyl (C=O) groups excluding carboxylic acids is 1. The van der Waals surface area contributed by atoms with Crippen LogP contribution in [0.3, 0.4) is 0 Å². The molecule has 1 saturated heterocycles. The number of β-amino-alcohol motifs (C(OH)–C–C–N with tert-alkyl or cyclic N) is 1. The lowest BCUT2D eigenvalue weighted by atomic mass is 9.85. The van der Waals surface area contributed by atoms with Crippen LogP contribution in [0.25, 0.3) is 10.9 Å². The number of benzene rings is 3. The van der Waals surface area contributed by atoms with Crippen LogP contribution in [0.2, 0.25) is 0 Å². The Morgan fingerprint density at radius 1 is 0.949 bits per heavy atom. The first-order valence-electron chi connectivity index (χ1n) is 14.2. The van der Waals surface area contributed by atoms with Crippen molar-refractivity contribution in [2.24, 2.45) is 5.92 Å². The molecule has 1 aliphatic rings. The Hall–Kier alpha value is -3.54.